The van der Waals surface area contributed by atoms with Gasteiger partial charge in [0.15, 0.2) is 11.2 Å². The lowest BCUT2D eigenvalue weighted by atomic mass is 10.1. The number of hydrogen-bond acceptors (Lipinski definition) is 3. The highest BCUT2D eigenvalue weighted by Crippen LogP contribution is 2.13. The Morgan fingerprint density at radius 1 is 1.14 bits per heavy atom. The van der Waals surface area contributed by atoms with Crippen molar-refractivity contribution < 1.29 is 8.78 Å². The van der Waals surface area contributed by atoms with E-state index in [4.69, 9.17) is 0 Å². The summed E-state index contributed by atoms with van der Waals surface area (Å²) in [5.74, 6) is -0.946. The Kier molecular flexibility index (Phi) is 3.43. The highest BCUT2D eigenvalue weighted by atomic mass is 19.1. The minimum absolute atomic E-state index is 0.0277. The topological polar surface area (TPSA) is 43.6 Å². The van der Waals surface area contributed by atoms with Crippen molar-refractivity contribution in [1.29, 1.82) is 0 Å². The third kappa shape index (κ3) is 2.79. The molecule has 0 unspecified atom stereocenters. The molecule has 1 aromatic carbocycles. The van der Waals surface area contributed by atoms with Gasteiger partial charge in [-0.15, -0.1) is 0 Å². The van der Waals surface area contributed by atoms with Crippen LogP contribution in [0.1, 0.15) is 11.1 Å². The van der Waals surface area contributed by atoms with E-state index in [-0.39, 0.29) is 11.2 Å². The lowest BCUT2D eigenvalue weighted by molar-refractivity contribution is 0.491. The van der Waals surface area contributed by atoms with Crippen LogP contribution in [0, 0.1) is 18.9 Å². The molecule has 0 fully saturated rings. The number of imidazole rings is 1. The highest BCUT2D eigenvalue weighted by molar-refractivity contribution is 5.69. The molecule has 21 heavy (non-hydrogen) atoms. The van der Waals surface area contributed by atoms with Gasteiger partial charge in [0.2, 0.25) is 5.95 Å². The Hall–Kier alpha value is -2.63. The van der Waals surface area contributed by atoms with Crippen LogP contribution in [0.5, 0.6) is 0 Å². The molecule has 6 heteroatoms. The summed E-state index contributed by atoms with van der Waals surface area (Å²) < 4.78 is 28.0. The van der Waals surface area contributed by atoms with Gasteiger partial charge in [-0.25, -0.2) is 4.98 Å². The fourth-order valence-electron chi connectivity index (χ4n) is 2.00. The van der Waals surface area contributed by atoms with Gasteiger partial charge in [-0.3, -0.25) is 0 Å². The number of halogens is 2. The predicted molar refractivity (Wildman–Crippen MR) is 75.5 cm³/mol. The van der Waals surface area contributed by atoms with Crippen LogP contribution in [0.15, 0.2) is 36.7 Å². The van der Waals surface area contributed by atoms with E-state index in [2.05, 4.69) is 15.0 Å². The fraction of sp³-hybridized carbons (Fsp3) is 0.133. The summed E-state index contributed by atoms with van der Waals surface area (Å²) in [6, 6.07) is 8.03. The van der Waals surface area contributed by atoms with Gasteiger partial charge >= 0.3 is 6.08 Å². The lowest BCUT2D eigenvalue weighted by Crippen LogP contribution is -1.99. The van der Waals surface area contributed by atoms with Gasteiger partial charge in [-0.05, 0) is 12.5 Å². The SMILES string of the molecule is Cc1ccc(/C=C/Cn2cnc3c(F)nc(F)nc32)cc1. The van der Waals surface area contributed by atoms with Crippen molar-refractivity contribution in [2.45, 2.75) is 13.5 Å². The molecule has 3 rings (SSSR count). The highest BCUT2D eigenvalue weighted by Gasteiger charge is 2.11. The Balaban J connectivity index is 1.84. The van der Waals surface area contributed by atoms with E-state index in [0.717, 1.165) is 5.56 Å². The molecule has 0 atom stereocenters. The van der Waals surface area contributed by atoms with Gasteiger partial charge in [-0.1, -0.05) is 42.0 Å². The van der Waals surface area contributed by atoms with Crippen LogP contribution in [0.25, 0.3) is 17.2 Å². The number of rotatable bonds is 3. The predicted octanol–water partition coefficient (Wildman–Crippen LogP) is 3.13. The normalized spacial score (nSPS) is 11.6. The largest absolute Gasteiger partial charge is 0.313 e. The Bertz CT molecular complexity index is 806. The third-order valence-electron chi connectivity index (χ3n) is 3.08. The molecule has 0 saturated carbocycles. The van der Waals surface area contributed by atoms with Crippen LogP contribution in [0.4, 0.5) is 8.78 Å². The molecule has 0 aliphatic carbocycles. The van der Waals surface area contributed by atoms with E-state index in [1.807, 2.05) is 43.3 Å². The first-order valence-electron chi connectivity index (χ1n) is 6.40. The first-order valence-corrected chi connectivity index (χ1v) is 6.40. The van der Waals surface area contributed by atoms with Gasteiger partial charge in [-0.2, -0.15) is 18.7 Å². The standard InChI is InChI=1S/C15H12F2N4/c1-10-4-6-11(7-5-10)3-2-8-21-9-18-12-13(16)19-15(17)20-14(12)21/h2-7,9H,8H2,1H3/b3-2+. The average molecular weight is 286 g/mol. The van der Waals surface area contributed by atoms with Crippen molar-refractivity contribution >= 4 is 17.2 Å². The summed E-state index contributed by atoms with van der Waals surface area (Å²) in [4.78, 5) is 10.5. The van der Waals surface area contributed by atoms with Gasteiger partial charge in [0.25, 0.3) is 0 Å². The first-order chi connectivity index (χ1) is 10.1. The van der Waals surface area contributed by atoms with Crippen LogP contribution < -0.4 is 0 Å². The Morgan fingerprint density at radius 2 is 1.90 bits per heavy atom. The summed E-state index contributed by atoms with van der Waals surface area (Å²) in [7, 11) is 0. The van der Waals surface area contributed by atoms with Crippen LogP contribution in [-0.2, 0) is 6.54 Å². The summed E-state index contributed by atoms with van der Waals surface area (Å²) in [6.07, 6.45) is 4.13. The van der Waals surface area contributed by atoms with E-state index < -0.39 is 12.0 Å². The summed E-state index contributed by atoms with van der Waals surface area (Å²) in [5, 5.41) is 0. The van der Waals surface area contributed by atoms with Crippen LogP contribution in [-0.4, -0.2) is 19.5 Å². The number of benzene rings is 1. The van der Waals surface area contributed by atoms with Gasteiger partial charge < -0.3 is 4.57 Å². The fourth-order valence-corrected chi connectivity index (χ4v) is 2.00. The molecular formula is C15H12F2N4. The molecule has 0 radical (unpaired) electrons. The number of aryl methyl sites for hydroxylation is 1. The Labute approximate surface area is 119 Å². The van der Waals surface area contributed by atoms with Crippen LogP contribution in [0.3, 0.4) is 0 Å². The number of allylic oxidation sites excluding steroid dienone is 1. The molecule has 0 aliphatic heterocycles. The molecule has 4 nitrogen and oxygen atoms in total. The molecule has 2 aromatic heterocycles. The number of fused-ring (bicyclic) bond motifs is 1. The monoisotopic (exact) mass is 286 g/mol. The lowest BCUT2D eigenvalue weighted by Gasteiger charge is -1.99. The third-order valence-corrected chi connectivity index (χ3v) is 3.08. The summed E-state index contributed by atoms with van der Waals surface area (Å²) in [6.45, 7) is 2.44. The van der Waals surface area contributed by atoms with E-state index >= 15 is 0 Å². The van der Waals surface area contributed by atoms with Crippen molar-refractivity contribution in [2.75, 3.05) is 0 Å². The quantitative estimate of drug-likeness (QED) is 0.549. The molecule has 0 amide bonds. The van der Waals surface area contributed by atoms with Crippen molar-refractivity contribution in [2.24, 2.45) is 0 Å². The zero-order valence-corrected chi connectivity index (χ0v) is 11.3. The maximum absolute atomic E-state index is 13.4. The Morgan fingerprint density at radius 3 is 2.67 bits per heavy atom. The molecule has 0 saturated heterocycles. The van der Waals surface area contributed by atoms with E-state index in [1.54, 1.807) is 4.57 Å². The second-order valence-electron chi connectivity index (χ2n) is 4.67. The number of nitrogens with zero attached hydrogens (tertiary/aromatic N) is 4. The molecular weight excluding hydrogens is 274 g/mol. The van der Waals surface area contributed by atoms with Crippen molar-refractivity contribution in [3.63, 3.8) is 0 Å². The molecule has 0 spiro atoms. The second kappa shape index (κ2) is 5.40. The minimum Gasteiger partial charge on any atom is -0.311 e. The van der Waals surface area contributed by atoms with E-state index in [0.29, 0.717) is 6.54 Å². The molecule has 106 valence electrons. The number of hydrogen-bond donors (Lipinski definition) is 0. The first kappa shape index (κ1) is 13.4. The van der Waals surface area contributed by atoms with Crippen LogP contribution >= 0.6 is 0 Å². The summed E-state index contributed by atoms with van der Waals surface area (Å²) in [5.41, 5.74) is 2.36. The minimum atomic E-state index is -1.09. The van der Waals surface area contributed by atoms with Crippen molar-refractivity contribution in [1.82, 2.24) is 19.5 Å². The van der Waals surface area contributed by atoms with Gasteiger partial charge in [0, 0.05) is 6.54 Å². The van der Waals surface area contributed by atoms with E-state index in [1.165, 1.54) is 11.9 Å². The van der Waals surface area contributed by atoms with E-state index in [9.17, 15) is 8.78 Å². The average Bonchev–Trinajstić information content (AvgIpc) is 2.84. The molecule has 3 aromatic rings. The number of aromatic nitrogens is 4. The van der Waals surface area contributed by atoms with Gasteiger partial charge in [0.1, 0.15) is 0 Å². The maximum atomic E-state index is 13.4. The summed E-state index contributed by atoms with van der Waals surface area (Å²) >= 11 is 0. The molecule has 0 bridgehead atoms. The van der Waals surface area contributed by atoms with Gasteiger partial charge in [0.05, 0.1) is 6.33 Å². The van der Waals surface area contributed by atoms with Crippen LogP contribution in [0.2, 0.25) is 0 Å². The molecule has 0 N–H and O–H groups in total. The smallest absolute Gasteiger partial charge is 0.311 e. The molecule has 0 aliphatic rings. The van der Waals surface area contributed by atoms with Crippen molar-refractivity contribution in [3.8, 4) is 0 Å². The second-order valence-corrected chi connectivity index (χ2v) is 4.67. The zero-order valence-electron chi connectivity index (χ0n) is 11.3. The maximum Gasteiger partial charge on any atom is 0.313 e. The zero-order chi connectivity index (χ0) is 14.8. The molecule has 2 heterocycles. The van der Waals surface area contributed by atoms with Crippen molar-refractivity contribution in [3.05, 3.63) is 59.8 Å².